The molecule has 3 nitrogen and oxygen atoms in total. The summed E-state index contributed by atoms with van der Waals surface area (Å²) in [4.78, 5) is 12.1. The van der Waals surface area contributed by atoms with Crippen molar-refractivity contribution in [1.82, 2.24) is 0 Å². The largest absolute Gasteiger partial charge is 0.496 e. The van der Waals surface area contributed by atoms with Crippen LogP contribution in [0, 0.1) is 13.8 Å². The van der Waals surface area contributed by atoms with Crippen molar-refractivity contribution in [3.05, 3.63) is 64.7 Å². The molecule has 2 N–H and O–H groups in total. The monoisotopic (exact) mass is 281 g/mol. The Hall–Kier alpha value is -2.55. The average molecular weight is 281 g/mol. The summed E-state index contributed by atoms with van der Waals surface area (Å²) in [6.45, 7) is 3.98. The molecule has 0 aliphatic rings. The smallest absolute Gasteiger partial charge is 0.185 e. The van der Waals surface area contributed by atoms with Crippen molar-refractivity contribution in [1.29, 1.82) is 0 Å². The third kappa shape index (κ3) is 3.51. The van der Waals surface area contributed by atoms with Crippen molar-refractivity contribution in [3.63, 3.8) is 0 Å². The standard InChI is InChI=1S/C18H19NO2/c1-12-10-14(11-13(2)18(12)21-3)4-9-17(20)15-5-7-16(19)8-6-15/h4-11H,19H2,1-3H3/b9-4+. The molecule has 0 radical (unpaired) electrons. The Morgan fingerprint density at radius 3 is 2.19 bits per heavy atom. The number of ether oxygens (including phenoxy) is 1. The van der Waals surface area contributed by atoms with Crippen LogP contribution in [0.5, 0.6) is 5.75 Å². The minimum absolute atomic E-state index is 0.0406. The van der Waals surface area contributed by atoms with E-state index < -0.39 is 0 Å². The molecule has 0 aliphatic carbocycles. The number of carbonyl (C=O) groups is 1. The summed E-state index contributed by atoms with van der Waals surface area (Å²) in [5, 5.41) is 0. The normalized spacial score (nSPS) is 10.8. The summed E-state index contributed by atoms with van der Waals surface area (Å²) in [7, 11) is 1.66. The maximum atomic E-state index is 12.1. The molecule has 0 bridgehead atoms. The number of anilines is 1. The maximum Gasteiger partial charge on any atom is 0.185 e. The van der Waals surface area contributed by atoms with E-state index in [1.54, 1.807) is 37.5 Å². The maximum absolute atomic E-state index is 12.1. The zero-order chi connectivity index (χ0) is 15.4. The molecular formula is C18H19NO2. The first-order valence-corrected chi connectivity index (χ1v) is 6.74. The van der Waals surface area contributed by atoms with Crippen LogP contribution in [0.3, 0.4) is 0 Å². The van der Waals surface area contributed by atoms with Crippen LogP contribution in [-0.4, -0.2) is 12.9 Å². The number of hydrogen-bond acceptors (Lipinski definition) is 3. The van der Waals surface area contributed by atoms with Crippen molar-refractivity contribution >= 4 is 17.5 Å². The Morgan fingerprint density at radius 2 is 1.67 bits per heavy atom. The lowest BCUT2D eigenvalue weighted by atomic mass is 10.0. The first kappa shape index (κ1) is 14.9. The Bertz CT molecular complexity index is 662. The van der Waals surface area contributed by atoms with E-state index in [4.69, 9.17) is 10.5 Å². The van der Waals surface area contributed by atoms with Gasteiger partial charge in [0.05, 0.1) is 7.11 Å². The number of benzene rings is 2. The summed E-state index contributed by atoms with van der Waals surface area (Å²) >= 11 is 0. The number of nitrogens with two attached hydrogens (primary N) is 1. The van der Waals surface area contributed by atoms with Crippen molar-refractivity contribution < 1.29 is 9.53 Å². The highest BCUT2D eigenvalue weighted by atomic mass is 16.5. The Labute approximate surface area is 125 Å². The number of methoxy groups -OCH3 is 1. The molecule has 0 aromatic heterocycles. The molecular weight excluding hydrogens is 262 g/mol. The van der Waals surface area contributed by atoms with E-state index in [-0.39, 0.29) is 5.78 Å². The number of aryl methyl sites for hydroxylation is 2. The van der Waals surface area contributed by atoms with Crippen LogP contribution in [0.4, 0.5) is 5.69 Å². The molecule has 2 aromatic rings. The van der Waals surface area contributed by atoms with E-state index in [1.165, 1.54) is 0 Å². The predicted octanol–water partition coefficient (Wildman–Crippen LogP) is 3.79. The zero-order valence-electron chi connectivity index (χ0n) is 12.5. The fraction of sp³-hybridized carbons (Fsp3) is 0.167. The molecule has 0 heterocycles. The van der Waals surface area contributed by atoms with Gasteiger partial charge in [-0.2, -0.15) is 0 Å². The summed E-state index contributed by atoms with van der Waals surface area (Å²) in [5.74, 6) is 0.845. The second-order valence-corrected chi connectivity index (χ2v) is 5.01. The Balaban J connectivity index is 2.21. The van der Waals surface area contributed by atoms with Crippen LogP contribution < -0.4 is 10.5 Å². The molecule has 0 aliphatic heterocycles. The highest BCUT2D eigenvalue weighted by Crippen LogP contribution is 2.24. The topological polar surface area (TPSA) is 52.3 Å². The highest BCUT2D eigenvalue weighted by molar-refractivity contribution is 6.06. The third-order valence-corrected chi connectivity index (χ3v) is 3.31. The van der Waals surface area contributed by atoms with Crippen molar-refractivity contribution in [2.24, 2.45) is 0 Å². The molecule has 0 saturated heterocycles. The van der Waals surface area contributed by atoms with E-state index in [0.29, 0.717) is 11.3 Å². The van der Waals surface area contributed by atoms with Crippen molar-refractivity contribution in [2.75, 3.05) is 12.8 Å². The summed E-state index contributed by atoms with van der Waals surface area (Å²) in [5.41, 5.74) is 9.98. The van der Waals surface area contributed by atoms with E-state index >= 15 is 0 Å². The molecule has 0 saturated carbocycles. The first-order valence-electron chi connectivity index (χ1n) is 6.74. The number of rotatable bonds is 4. The van der Waals surface area contributed by atoms with Gasteiger partial charge < -0.3 is 10.5 Å². The fourth-order valence-electron chi connectivity index (χ4n) is 2.32. The van der Waals surface area contributed by atoms with Crippen LogP contribution in [0.15, 0.2) is 42.5 Å². The lowest BCUT2D eigenvalue weighted by Crippen LogP contribution is -1.95. The highest BCUT2D eigenvalue weighted by Gasteiger charge is 2.05. The van der Waals surface area contributed by atoms with Gasteiger partial charge in [-0.15, -0.1) is 0 Å². The average Bonchev–Trinajstić information content (AvgIpc) is 2.45. The van der Waals surface area contributed by atoms with Crippen LogP contribution in [-0.2, 0) is 0 Å². The predicted molar refractivity (Wildman–Crippen MR) is 86.7 cm³/mol. The van der Waals surface area contributed by atoms with E-state index in [1.807, 2.05) is 32.1 Å². The molecule has 0 atom stereocenters. The van der Waals surface area contributed by atoms with E-state index in [9.17, 15) is 4.79 Å². The van der Waals surface area contributed by atoms with Crippen LogP contribution >= 0.6 is 0 Å². The second-order valence-electron chi connectivity index (χ2n) is 5.01. The minimum atomic E-state index is -0.0406. The molecule has 0 spiro atoms. The Morgan fingerprint density at radius 1 is 1.10 bits per heavy atom. The molecule has 0 amide bonds. The number of carbonyl (C=O) groups excluding carboxylic acids is 1. The minimum Gasteiger partial charge on any atom is -0.496 e. The molecule has 0 fully saturated rings. The summed E-state index contributed by atoms with van der Waals surface area (Å²) < 4.78 is 5.33. The number of allylic oxidation sites excluding steroid dienone is 1. The van der Waals surface area contributed by atoms with Gasteiger partial charge in [-0.05, 0) is 73.0 Å². The number of hydrogen-bond donors (Lipinski definition) is 1. The molecule has 108 valence electrons. The van der Waals surface area contributed by atoms with Gasteiger partial charge in [0.1, 0.15) is 5.75 Å². The van der Waals surface area contributed by atoms with Gasteiger partial charge >= 0.3 is 0 Å². The second kappa shape index (κ2) is 6.27. The van der Waals surface area contributed by atoms with Gasteiger partial charge in [0, 0.05) is 11.3 Å². The van der Waals surface area contributed by atoms with Crippen LogP contribution in [0.1, 0.15) is 27.0 Å². The first-order chi connectivity index (χ1) is 10.0. The van der Waals surface area contributed by atoms with E-state index in [2.05, 4.69) is 0 Å². The zero-order valence-corrected chi connectivity index (χ0v) is 12.5. The molecule has 0 unspecified atom stereocenters. The van der Waals surface area contributed by atoms with Crippen LogP contribution in [0.25, 0.3) is 6.08 Å². The molecule has 3 heteroatoms. The number of nitrogen functional groups attached to an aromatic ring is 1. The van der Waals surface area contributed by atoms with Crippen molar-refractivity contribution in [2.45, 2.75) is 13.8 Å². The van der Waals surface area contributed by atoms with Gasteiger partial charge in [-0.3, -0.25) is 4.79 Å². The van der Waals surface area contributed by atoms with Gasteiger partial charge in [-0.25, -0.2) is 0 Å². The summed E-state index contributed by atoms with van der Waals surface area (Å²) in [6, 6.07) is 10.9. The molecule has 2 rings (SSSR count). The van der Waals surface area contributed by atoms with E-state index in [0.717, 1.165) is 22.4 Å². The quantitative estimate of drug-likeness (QED) is 0.527. The van der Waals surface area contributed by atoms with Gasteiger partial charge in [0.2, 0.25) is 0 Å². The van der Waals surface area contributed by atoms with Gasteiger partial charge in [0.15, 0.2) is 5.78 Å². The third-order valence-electron chi connectivity index (χ3n) is 3.31. The van der Waals surface area contributed by atoms with Crippen LogP contribution in [0.2, 0.25) is 0 Å². The number of ketones is 1. The van der Waals surface area contributed by atoms with Gasteiger partial charge in [0.25, 0.3) is 0 Å². The summed E-state index contributed by atoms with van der Waals surface area (Å²) in [6.07, 6.45) is 3.39. The fourth-order valence-corrected chi connectivity index (χ4v) is 2.32. The molecule has 21 heavy (non-hydrogen) atoms. The molecule has 2 aromatic carbocycles. The van der Waals surface area contributed by atoms with Crippen molar-refractivity contribution in [3.8, 4) is 5.75 Å². The van der Waals surface area contributed by atoms with Gasteiger partial charge in [-0.1, -0.05) is 6.08 Å². The lowest BCUT2D eigenvalue weighted by Gasteiger charge is -2.09. The lowest BCUT2D eigenvalue weighted by molar-refractivity contribution is 0.104. The Kier molecular flexibility index (Phi) is 4.43. The SMILES string of the molecule is COc1c(C)cc(/C=C/C(=O)c2ccc(N)cc2)cc1C.